The molecule has 1 aromatic heterocycles. The van der Waals surface area contributed by atoms with Crippen molar-refractivity contribution >= 4 is 17.4 Å². The van der Waals surface area contributed by atoms with Gasteiger partial charge in [0.2, 0.25) is 0 Å². The molecule has 1 aliphatic rings. The van der Waals surface area contributed by atoms with Gasteiger partial charge in [-0.2, -0.15) is 0 Å². The maximum atomic E-state index is 6.21. The van der Waals surface area contributed by atoms with Crippen molar-refractivity contribution in [1.29, 1.82) is 0 Å². The molecule has 0 aromatic carbocycles. The summed E-state index contributed by atoms with van der Waals surface area (Å²) in [6.45, 7) is 4.71. The third-order valence-corrected chi connectivity index (χ3v) is 3.23. The summed E-state index contributed by atoms with van der Waals surface area (Å²) in [4.78, 5) is 6.66. The number of halogens is 1. The lowest BCUT2D eigenvalue weighted by atomic mass is 10.1. The molecule has 1 unspecified atom stereocenters. The van der Waals surface area contributed by atoms with Crippen molar-refractivity contribution < 1.29 is 4.74 Å². The minimum atomic E-state index is 0.227. The number of pyridine rings is 1. The Bertz CT molecular complexity index is 359. The van der Waals surface area contributed by atoms with E-state index in [0.717, 1.165) is 50.5 Å². The molecule has 0 radical (unpaired) electrons. The van der Waals surface area contributed by atoms with Crippen molar-refractivity contribution in [2.45, 2.75) is 31.6 Å². The van der Waals surface area contributed by atoms with Gasteiger partial charge in [0.25, 0.3) is 0 Å². The molecule has 2 heterocycles. The number of anilines is 1. The van der Waals surface area contributed by atoms with Gasteiger partial charge in [-0.15, -0.1) is 11.6 Å². The van der Waals surface area contributed by atoms with Crippen LogP contribution in [0.25, 0.3) is 0 Å². The van der Waals surface area contributed by atoms with Gasteiger partial charge in [0.15, 0.2) is 11.6 Å². The minimum Gasteiger partial charge on any atom is -0.490 e. The summed E-state index contributed by atoms with van der Waals surface area (Å²) < 4.78 is 5.73. The van der Waals surface area contributed by atoms with Crippen molar-refractivity contribution in [1.82, 2.24) is 4.98 Å². The van der Waals surface area contributed by atoms with Crippen LogP contribution in [0.2, 0.25) is 0 Å². The average Bonchev–Trinajstić information content (AvgIpc) is 2.37. The van der Waals surface area contributed by atoms with Crippen LogP contribution in [0.3, 0.4) is 0 Å². The zero-order valence-electron chi connectivity index (χ0n) is 10.2. The second-order valence-electron chi connectivity index (χ2n) is 4.36. The Balaban J connectivity index is 2.12. The molecule has 0 aliphatic carbocycles. The molecule has 0 saturated carbocycles. The highest BCUT2D eigenvalue weighted by molar-refractivity contribution is 6.21. The standard InChI is InChI=1S/C13H19ClN2O/c1-2-9-17-12-6-3-7-15-13(12)16-8-4-5-11(14)10-16/h3,6-7,11H,2,4-5,8-10H2,1H3. The summed E-state index contributed by atoms with van der Waals surface area (Å²) in [7, 11) is 0. The lowest BCUT2D eigenvalue weighted by molar-refractivity contribution is 0.316. The van der Waals surface area contributed by atoms with Crippen molar-refractivity contribution in [3.05, 3.63) is 18.3 Å². The van der Waals surface area contributed by atoms with Crippen LogP contribution in [0, 0.1) is 0 Å². The van der Waals surface area contributed by atoms with Gasteiger partial charge < -0.3 is 9.64 Å². The molecule has 1 aliphatic heterocycles. The molecule has 0 spiro atoms. The number of aromatic nitrogens is 1. The van der Waals surface area contributed by atoms with Gasteiger partial charge >= 0.3 is 0 Å². The zero-order chi connectivity index (χ0) is 12.1. The van der Waals surface area contributed by atoms with Crippen LogP contribution >= 0.6 is 11.6 Å². The van der Waals surface area contributed by atoms with E-state index in [0.29, 0.717) is 0 Å². The summed E-state index contributed by atoms with van der Waals surface area (Å²) in [6, 6.07) is 3.90. The van der Waals surface area contributed by atoms with E-state index in [1.165, 1.54) is 0 Å². The molecule has 0 amide bonds. The lowest BCUT2D eigenvalue weighted by Crippen LogP contribution is -2.36. The van der Waals surface area contributed by atoms with Crippen molar-refractivity contribution in [2.75, 3.05) is 24.6 Å². The first-order valence-electron chi connectivity index (χ1n) is 6.28. The molecule has 0 N–H and O–H groups in total. The minimum absolute atomic E-state index is 0.227. The van der Waals surface area contributed by atoms with Gasteiger partial charge in [0.05, 0.1) is 12.0 Å². The Labute approximate surface area is 108 Å². The Morgan fingerprint density at radius 2 is 2.47 bits per heavy atom. The highest BCUT2D eigenvalue weighted by atomic mass is 35.5. The quantitative estimate of drug-likeness (QED) is 0.773. The molecule has 1 saturated heterocycles. The molecule has 4 heteroatoms. The van der Waals surface area contributed by atoms with Gasteiger partial charge in [-0.05, 0) is 31.4 Å². The fourth-order valence-corrected chi connectivity index (χ4v) is 2.38. The van der Waals surface area contributed by atoms with E-state index >= 15 is 0 Å². The average molecular weight is 255 g/mol. The Kier molecular flexibility index (Phi) is 4.49. The third kappa shape index (κ3) is 3.25. The first-order valence-corrected chi connectivity index (χ1v) is 6.71. The van der Waals surface area contributed by atoms with Gasteiger partial charge in [-0.1, -0.05) is 6.92 Å². The van der Waals surface area contributed by atoms with Crippen LogP contribution in [0.4, 0.5) is 5.82 Å². The van der Waals surface area contributed by atoms with E-state index in [9.17, 15) is 0 Å². The van der Waals surface area contributed by atoms with E-state index in [1.807, 2.05) is 18.3 Å². The number of ether oxygens (including phenoxy) is 1. The van der Waals surface area contributed by atoms with E-state index in [1.54, 1.807) is 0 Å². The predicted octanol–water partition coefficient (Wildman–Crippen LogP) is 3.08. The van der Waals surface area contributed by atoms with Gasteiger partial charge in [-0.25, -0.2) is 4.98 Å². The van der Waals surface area contributed by atoms with E-state index < -0.39 is 0 Å². The Morgan fingerprint density at radius 3 is 3.24 bits per heavy atom. The summed E-state index contributed by atoms with van der Waals surface area (Å²) in [5.41, 5.74) is 0. The second kappa shape index (κ2) is 6.10. The second-order valence-corrected chi connectivity index (χ2v) is 4.98. The Morgan fingerprint density at radius 1 is 1.59 bits per heavy atom. The number of rotatable bonds is 4. The number of hydrogen-bond acceptors (Lipinski definition) is 3. The monoisotopic (exact) mass is 254 g/mol. The summed E-state index contributed by atoms with van der Waals surface area (Å²) in [5.74, 6) is 1.81. The van der Waals surface area contributed by atoms with E-state index in [2.05, 4.69) is 16.8 Å². The summed E-state index contributed by atoms with van der Waals surface area (Å²) >= 11 is 6.21. The maximum Gasteiger partial charge on any atom is 0.171 e. The highest BCUT2D eigenvalue weighted by Gasteiger charge is 2.21. The summed E-state index contributed by atoms with van der Waals surface area (Å²) in [6.07, 6.45) is 5.03. The Hall–Kier alpha value is -0.960. The zero-order valence-corrected chi connectivity index (χ0v) is 11.0. The first kappa shape index (κ1) is 12.5. The van der Waals surface area contributed by atoms with Crippen molar-refractivity contribution in [3.63, 3.8) is 0 Å². The highest BCUT2D eigenvalue weighted by Crippen LogP contribution is 2.28. The van der Waals surface area contributed by atoms with Crippen LogP contribution in [0.5, 0.6) is 5.75 Å². The fourth-order valence-electron chi connectivity index (χ4n) is 2.06. The van der Waals surface area contributed by atoms with Crippen LogP contribution in [-0.2, 0) is 0 Å². The van der Waals surface area contributed by atoms with Crippen LogP contribution in [0.1, 0.15) is 26.2 Å². The van der Waals surface area contributed by atoms with Gasteiger partial charge in [0.1, 0.15) is 0 Å². The number of nitrogens with zero attached hydrogens (tertiary/aromatic N) is 2. The molecular weight excluding hydrogens is 236 g/mol. The predicted molar refractivity (Wildman–Crippen MR) is 71.1 cm³/mol. The topological polar surface area (TPSA) is 25.4 Å². The normalized spacial score (nSPS) is 20.4. The SMILES string of the molecule is CCCOc1cccnc1N1CCCC(Cl)C1. The van der Waals surface area contributed by atoms with Crippen LogP contribution in [-0.4, -0.2) is 30.1 Å². The van der Waals surface area contributed by atoms with Crippen molar-refractivity contribution in [3.8, 4) is 5.75 Å². The number of piperidine rings is 1. The third-order valence-electron chi connectivity index (χ3n) is 2.88. The molecule has 17 heavy (non-hydrogen) atoms. The molecule has 94 valence electrons. The fraction of sp³-hybridized carbons (Fsp3) is 0.615. The molecule has 1 aromatic rings. The van der Waals surface area contributed by atoms with Crippen LogP contribution < -0.4 is 9.64 Å². The number of hydrogen-bond donors (Lipinski definition) is 0. The first-order chi connectivity index (χ1) is 8.31. The molecule has 1 fully saturated rings. The van der Waals surface area contributed by atoms with Crippen molar-refractivity contribution in [2.24, 2.45) is 0 Å². The molecule has 1 atom stereocenters. The van der Waals surface area contributed by atoms with Crippen LogP contribution in [0.15, 0.2) is 18.3 Å². The molecule has 3 nitrogen and oxygen atoms in total. The van der Waals surface area contributed by atoms with E-state index in [-0.39, 0.29) is 5.38 Å². The van der Waals surface area contributed by atoms with E-state index in [4.69, 9.17) is 16.3 Å². The van der Waals surface area contributed by atoms with Gasteiger partial charge in [-0.3, -0.25) is 0 Å². The summed E-state index contributed by atoms with van der Waals surface area (Å²) in [5, 5.41) is 0.227. The molecule has 0 bridgehead atoms. The molecular formula is C13H19ClN2O. The molecule has 2 rings (SSSR count). The van der Waals surface area contributed by atoms with Gasteiger partial charge in [0, 0.05) is 19.3 Å². The maximum absolute atomic E-state index is 6.21. The lowest BCUT2D eigenvalue weighted by Gasteiger charge is -2.31. The number of alkyl halides is 1. The smallest absolute Gasteiger partial charge is 0.171 e. The largest absolute Gasteiger partial charge is 0.490 e.